The third-order valence-corrected chi connectivity index (χ3v) is 6.93. The van der Waals surface area contributed by atoms with Crippen molar-refractivity contribution in [1.82, 2.24) is 4.57 Å². The molecule has 0 unspecified atom stereocenters. The first-order chi connectivity index (χ1) is 16.6. The van der Waals surface area contributed by atoms with Gasteiger partial charge >= 0.3 is 5.97 Å². The van der Waals surface area contributed by atoms with E-state index >= 15 is 0 Å². The van der Waals surface area contributed by atoms with Crippen molar-refractivity contribution in [3.05, 3.63) is 97.9 Å². The maximum Gasteiger partial charge on any atom is 0.340 e. The van der Waals surface area contributed by atoms with Crippen molar-refractivity contribution in [1.29, 1.82) is 0 Å². The molecule has 1 amide bonds. The summed E-state index contributed by atoms with van der Waals surface area (Å²) in [7, 11) is 0. The summed E-state index contributed by atoms with van der Waals surface area (Å²) in [5, 5.41) is 0. The molecule has 0 aliphatic carbocycles. The fraction of sp³-hybridized carbons (Fsp3) is 0.241. The van der Waals surface area contributed by atoms with Gasteiger partial charge in [0.2, 0.25) is 0 Å². The molecule has 2 heterocycles. The fourth-order valence-corrected chi connectivity index (χ4v) is 5.04. The average molecular weight is 533 g/mol. The number of ether oxygens (including phenoxy) is 1. The number of anilines is 1. The van der Waals surface area contributed by atoms with Gasteiger partial charge in [-0.3, -0.25) is 9.69 Å². The van der Waals surface area contributed by atoms with Crippen LogP contribution in [0.2, 0.25) is 0 Å². The van der Waals surface area contributed by atoms with Crippen LogP contribution in [0.5, 0.6) is 0 Å². The number of aryl methyl sites for hydroxylation is 3. The van der Waals surface area contributed by atoms with Crippen molar-refractivity contribution in [2.75, 3.05) is 11.5 Å². The van der Waals surface area contributed by atoms with Gasteiger partial charge in [-0.1, -0.05) is 34.1 Å². The largest absolute Gasteiger partial charge is 0.462 e. The summed E-state index contributed by atoms with van der Waals surface area (Å²) in [6.45, 7) is 12.1. The van der Waals surface area contributed by atoms with Gasteiger partial charge in [0.25, 0.3) is 5.91 Å². The minimum atomic E-state index is -0.493. The summed E-state index contributed by atoms with van der Waals surface area (Å²) >= 11 is 3.44. The first kappa shape index (κ1) is 24.7. The molecule has 1 aliphatic heterocycles. The molecule has 0 radical (unpaired) electrons. The summed E-state index contributed by atoms with van der Waals surface area (Å²) in [5.41, 5.74) is 8.33. The van der Waals surface area contributed by atoms with E-state index in [4.69, 9.17) is 4.74 Å². The molecule has 5 nitrogen and oxygen atoms in total. The Kier molecular flexibility index (Phi) is 6.86. The molecule has 0 bridgehead atoms. The number of rotatable bonds is 5. The molecule has 0 atom stereocenters. The summed E-state index contributed by atoms with van der Waals surface area (Å²) in [6.07, 6.45) is 1.82. The molecule has 0 saturated heterocycles. The van der Waals surface area contributed by atoms with Gasteiger partial charge < -0.3 is 9.30 Å². The second-order valence-electron chi connectivity index (χ2n) is 8.76. The second-order valence-corrected chi connectivity index (χ2v) is 9.67. The van der Waals surface area contributed by atoms with Gasteiger partial charge in [-0.25, -0.2) is 4.79 Å². The van der Waals surface area contributed by atoms with E-state index in [0.717, 1.165) is 27.1 Å². The van der Waals surface area contributed by atoms with Crippen LogP contribution in [0.1, 0.15) is 41.9 Å². The second kappa shape index (κ2) is 9.70. The Hall–Kier alpha value is -3.38. The van der Waals surface area contributed by atoms with Crippen molar-refractivity contribution in [2.24, 2.45) is 0 Å². The van der Waals surface area contributed by atoms with E-state index in [1.54, 1.807) is 18.7 Å². The number of esters is 1. The third kappa shape index (κ3) is 4.39. The molecule has 1 aliphatic rings. The number of aromatic nitrogens is 1. The zero-order valence-corrected chi connectivity index (χ0v) is 22.5. The molecule has 35 heavy (non-hydrogen) atoms. The van der Waals surface area contributed by atoms with E-state index in [0.29, 0.717) is 22.5 Å². The fourth-order valence-electron chi connectivity index (χ4n) is 4.77. The highest BCUT2D eigenvalue weighted by molar-refractivity contribution is 9.10. The maximum atomic E-state index is 13.7. The summed E-state index contributed by atoms with van der Waals surface area (Å²) in [4.78, 5) is 28.3. The molecule has 0 fully saturated rings. The predicted octanol–water partition coefficient (Wildman–Crippen LogP) is 6.74. The van der Waals surface area contributed by atoms with Crippen LogP contribution < -0.4 is 4.90 Å². The third-order valence-electron chi connectivity index (χ3n) is 6.40. The summed E-state index contributed by atoms with van der Waals surface area (Å²) < 4.78 is 8.47. The lowest BCUT2D eigenvalue weighted by atomic mass is 10.0. The van der Waals surface area contributed by atoms with Gasteiger partial charge in [-0.05, 0) is 94.6 Å². The molecule has 4 rings (SSSR count). The van der Waals surface area contributed by atoms with Crippen LogP contribution in [-0.2, 0) is 14.3 Å². The molecular weight excluding hydrogens is 504 g/mol. The van der Waals surface area contributed by atoms with Gasteiger partial charge in [-0.2, -0.15) is 0 Å². The molecule has 6 heteroatoms. The lowest BCUT2D eigenvalue weighted by Gasteiger charge is -2.18. The van der Waals surface area contributed by atoms with Crippen LogP contribution in [0, 0.1) is 27.7 Å². The monoisotopic (exact) mass is 532 g/mol. The van der Waals surface area contributed by atoms with Crippen molar-refractivity contribution in [3.8, 4) is 5.69 Å². The smallest absolute Gasteiger partial charge is 0.340 e. The number of hydrogen-bond acceptors (Lipinski definition) is 3. The highest BCUT2D eigenvalue weighted by Gasteiger charge is 2.38. The first-order valence-corrected chi connectivity index (χ1v) is 12.4. The van der Waals surface area contributed by atoms with Crippen LogP contribution in [0.3, 0.4) is 0 Å². The minimum absolute atomic E-state index is 0.233. The van der Waals surface area contributed by atoms with E-state index in [1.165, 1.54) is 11.1 Å². The molecule has 0 spiro atoms. The zero-order valence-electron chi connectivity index (χ0n) is 20.9. The number of allylic oxidation sites excluding steroid dienone is 1. The van der Waals surface area contributed by atoms with E-state index in [1.807, 2.05) is 37.3 Å². The van der Waals surface area contributed by atoms with Crippen LogP contribution in [-0.4, -0.2) is 23.1 Å². The van der Waals surface area contributed by atoms with Gasteiger partial charge in [0.15, 0.2) is 0 Å². The Balaban J connectivity index is 1.87. The predicted molar refractivity (Wildman–Crippen MR) is 144 cm³/mol. The van der Waals surface area contributed by atoms with Crippen molar-refractivity contribution < 1.29 is 14.3 Å². The maximum absolute atomic E-state index is 13.7. The van der Waals surface area contributed by atoms with Crippen molar-refractivity contribution >= 4 is 39.6 Å². The Morgan fingerprint density at radius 3 is 2.23 bits per heavy atom. The normalized spacial score (nSPS) is 14.9. The number of carbonyl (C=O) groups is 2. The molecular formula is C29H29BrN2O3. The number of halogens is 1. The average Bonchev–Trinajstić information content (AvgIpc) is 3.21. The number of para-hydroxylation sites is 1. The number of nitrogens with zero attached hydrogens (tertiary/aromatic N) is 2. The quantitative estimate of drug-likeness (QED) is 0.270. The Labute approximate surface area is 214 Å². The molecule has 180 valence electrons. The Bertz CT molecular complexity index is 1370. The standard InChI is InChI=1S/C29H29BrN2O3/c1-7-35-29(34)26-21(6)32(24-13-11-23(30)12-14-24)28(33)25(26)16-22-15-19(4)31(20(22)5)27-17(2)9-8-10-18(27)3/h8-16H,7H2,1-6H3/b25-16-. The van der Waals surface area contributed by atoms with Gasteiger partial charge in [0.05, 0.1) is 23.4 Å². The summed E-state index contributed by atoms with van der Waals surface area (Å²) in [5.74, 6) is -0.738. The number of amides is 1. The molecule has 0 N–H and O–H groups in total. The van der Waals surface area contributed by atoms with Gasteiger partial charge in [-0.15, -0.1) is 0 Å². The van der Waals surface area contributed by atoms with Gasteiger partial charge in [0, 0.05) is 27.2 Å². The van der Waals surface area contributed by atoms with Crippen LogP contribution in [0.15, 0.2) is 69.8 Å². The van der Waals surface area contributed by atoms with Gasteiger partial charge in [0.1, 0.15) is 0 Å². The Morgan fingerprint density at radius 2 is 1.63 bits per heavy atom. The van der Waals surface area contributed by atoms with Crippen molar-refractivity contribution in [3.63, 3.8) is 0 Å². The highest BCUT2D eigenvalue weighted by Crippen LogP contribution is 2.37. The van der Waals surface area contributed by atoms with E-state index in [2.05, 4.69) is 65.5 Å². The molecule has 2 aromatic carbocycles. The number of hydrogen-bond donors (Lipinski definition) is 0. The lowest BCUT2D eigenvalue weighted by Crippen LogP contribution is -2.24. The zero-order chi connectivity index (χ0) is 25.4. The molecule has 0 saturated carbocycles. The SMILES string of the molecule is CCOC(=O)C1=C(C)N(c2ccc(Br)cc2)C(=O)/C1=C\c1cc(C)n(-c2c(C)cccc2C)c1C. The minimum Gasteiger partial charge on any atom is -0.462 e. The number of carbonyl (C=O) groups excluding carboxylic acids is 2. The number of benzene rings is 2. The van der Waals surface area contributed by atoms with E-state index in [-0.39, 0.29) is 12.5 Å². The lowest BCUT2D eigenvalue weighted by molar-refractivity contribution is -0.138. The van der Waals surface area contributed by atoms with Crippen LogP contribution in [0.25, 0.3) is 11.8 Å². The Morgan fingerprint density at radius 1 is 1.00 bits per heavy atom. The van der Waals surface area contributed by atoms with E-state index in [9.17, 15) is 9.59 Å². The summed E-state index contributed by atoms with van der Waals surface area (Å²) in [6, 6.07) is 15.8. The van der Waals surface area contributed by atoms with Crippen LogP contribution >= 0.6 is 15.9 Å². The van der Waals surface area contributed by atoms with Crippen LogP contribution in [0.4, 0.5) is 5.69 Å². The van der Waals surface area contributed by atoms with E-state index < -0.39 is 5.97 Å². The molecule has 1 aromatic heterocycles. The topological polar surface area (TPSA) is 51.5 Å². The highest BCUT2D eigenvalue weighted by atomic mass is 79.9. The van der Waals surface area contributed by atoms with Crippen molar-refractivity contribution in [2.45, 2.75) is 41.5 Å². The molecule has 3 aromatic rings. The first-order valence-electron chi connectivity index (χ1n) is 11.6.